The number of nitrogens with zero attached hydrogens (tertiary/aromatic N) is 4. The van der Waals surface area contributed by atoms with Crippen molar-refractivity contribution in [3.63, 3.8) is 0 Å². The predicted molar refractivity (Wildman–Crippen MR) is 146 cm³/mol. The van der Waals surface area contributed by atoms with Crippen LogP contribution in [0.3, 0.4) is 0 Å². The summed E-state index contributed by atoms with van der Waals surface area (Å²) in [7, 11) is 0.344. The first-order valence-electron chi connectivity index (χ1n) is 11.7. The summed E-state index contributed by atoms with van der Waals surface area (Å²) in [6.45, 7) is 7.81. The monoisotopic (exact) mass is 614 g/mol. The number of hydrogen-bond acceptors (Lipinski definition) is 5. The predicted octanol–water partition coefficient (Wildman–Crippen LogP) is 6.46. The fraction of sp³-hybridized carbons (Fsp3) is 0.400. The van der Waals surface area contributed by atoms with Crippen LogP contribution in [-0.2, 0) is 29.2 Å². The summed E-state index contributed by atoms with van der Waals surface area (Å²) in [5.74, 6) is -1.16. The first kappa shape index (κ1) is 29.2. The molecule has 1 aromatic heterocycles. The summed E-state index contributed by atoms with van der Waals surface area (Å²) >= 11 is 8.97. The molecule has 1 heterocycles. The number of hydrogen-bond donors (Lipinski definition) is 0. The highest BCUT2D eigenvalue weighted by atomic mass is 79.9. The van der Waals surface area contributed by atoms with E-state index in [2.05, 4.69) is 45.7 Å². The maximum Gasteiger partial charge on any atom is 0.252 e. The highest BCUT2D eigenvalue weighted by Gasteiger charge is 2.23. The number of ether oxygens (including phenoxy) is 2. The maximum absolute atomic E-state index is 13.9. The van der Waals surface area contributed by atoms with Crippen LogP contribution in [0.2, 0.25) is 30.7 Å². The van der Waals surface area contributed by atoms with E-state index in [1.54, 1.807) is 19.2 Å². The maximum atomic E-state index is 13.9. The highest BCUT2D eigenvalue weighted by Crippen LogP contribution is 2.23. The molecule has 200 valence electrons. The van der Waals surface area contributed by atoms with Gasteiger partial charge in [0, 0.05) is 21.1 Å². The second-order valence-corrected chi connectivity index (χ2v) is 16.4. The summed E-state index contributed by atoms with van der Waals surface area (Å²) < 4.78 is 40.7. The summed E-state index contributed by atoms with van der Waals surface area (Å²) in [6, 6.07) is 10.6. The van der Waals surface area contributed by atoms with Crippen molar-refractivity contribution in [2.24, 2.45) is 0 Å². The lowest BCUT2D eigenvalue weighted by Crippen LogP contribution is -2.31. The summed E-state index contributed by atoms with van der Waals surface area (Å²) in [6.07, 6.45) is 0.0974. The summed E-state index contributed by atoms with van der Waals surface area (Å²) in [5.41, 5.74) is 1.16. The standard InChI is InChI=1S/C25H30BrClF2N4O3Si/c1-35-19-8-5-17(6-9-19)15-32(22(34)10-7-18-13-20(28)23(27)21(29)14-18)25-30-24(26)33(31-25)16-36-11-12-37(2,3)4/h5-6,8-9,13-14H,7,10-12,15-16H2,1-4H3. The third-order valence-corrected chi connectivity index (χ3v) is 8.19. The molecular formula is C25H30BrClF2N4O3Si. The number of methoxy groups -OCH3 is 1. The minimum absolute atomic E-state index is 0.0183. The molecule has 37 heavy (non-hydrogen) atoms. The molecule has 1 amide bonds. The van der Waals surface area contributed by atoms with E-state index in [1.807, 2.05) is 12.1 Å². The van der Waals surface area contributed by atoms with E-state index >= 15 is 0 Å². The van der Waals surface area contributed by atoms with Crippen molar-refractivity contribution < 1.29 is 23.0 Å². The van der Waals surface area contributed by atoms with Crippen molar-refractivity contribution in [1.82, 2.24) is 14.8 Å². The van der Waals surface area contributed by atoms with Gasteiger partial charge in [-0.05, 0) is 63.8 Å². The van der Waals surface area contributed by atoms with Gasteiger partial charge in [-0.25, -0.2) is 13.5 Å². The van der Waals surface area contributed by atoms with Gasteiger partial charge < -0.3 is 9.47 Å². The molecule has 0 fully saturated rings. The molecule has 0 unspecified atom stereocenters. The van der Waals surface area contributed by atoms with Crippen LogP contribution in [0.4, 0.5) is 14.7 Å². The molecule has 0 aliphatic heterocycles. The van der Waals surface area contributed by atoms with Crippen LogP contribution in [0.1, 0.15) is 17.5 Å². The van der Waals surface area contributed by atoms with E-state index in [0.717, 1.165) is 23.7 Å². The van der Waals surface area contributed by atoms with Crippen molar-refractivity contribution in [1.29, 1.82) is 0 Å². The molecule has 0 saturated carbocycles. The Balaban J connectivity index is 1.78. The largest absolute Gasteiger partial charge is 0.497 e. The lowest BCUT2D eigenvalue weighted by Gasteiger charge is -2.19. The number of amides is 1. The normalized spacial score (nSPS) is 11.6. The molecule has 0 aliphatic rings. The van der Waals surface area contributed by atoms with Gasteiger partial charge in [0.15, 0.2) is 4.73 Å². The number of aromatic nitrogens is 3. The Kier molecular flexibility index (Phi) is 10.2. The minimum Gasteiger partial charge on any atom is -0.497 e. The molecule has 2 aromatic carbocycles. The number of rotatable bonds is 12. The molecule has 3 aromatic rings. The Morgan fingerprint density at radius 2 is 1.78 bits per heavy atom. The molecule has 0 radical (unpaired) electrons. The van der Waals surface area contributed by atoms with Crippen molar-refractivity contribution in [3.8, 4) is 5.75 Å². The Morgan fingerprint density at radius 3 is 2.38 bits per heavy atom. The van der Waals surface area contributed by atoms with E-state index < -0.39 is 24.7 Å². The highest BCUT2D eigenvalue weighted by molar-refractivity contribution is 9.10. The van der Waals surface area contributed by atoms with Gasteiger partial charge in [0.2, 0.25) is 5.91 Å². The zero-order valence-electron chi connectivity index (χ0n) is 21.2. The molecule has 0 bridgehead atoms. The van der Waals surface area contributed by atoms with Crippen molar-refractivity contribution >= 4 is 47.5 Å². The van der Waals surface area contributed by atoms with E-state index in [4.69, 9.17) is 21.1 Å². The van der Waals surface area contributed by atoms with Crippen molar-refractivity contribution in [2.75, 3.05) is 18.6 Å². The third kappa shape index (κ3) is 8.59. The second kappa shape index (κ2) is 12.9. The first-order chi connectivity index (χ1) is 17.5. The SMILES string of the molecule is COc1ccc(CN(C(=O)CCc2cc(F)c(Cl)c(F)c2)c2nc(Br)n(COCC[Si](C)(C)C)n2)cc1. The molecule has 0 spiro atoms. The van der Waals surface area contributed by atoms with Crippen LogP contribution in [-0.4, -0.2) is 42.5 Å². The molecule has 0 atom stereocenters. The molecule has 0 N–H and O–H groups in total. The summed E-state index contributed by atoms with van der Waals surface area (Å²) in [4.78, 5) is 19.2. The second-order valence-electron chi connectivity index (χ2n) is 9.73. The average molecular weight is 616 g/mol. The van der Waals surface area contributed by atoms with Gasteiger partial charge in [0.25, 0.3) is 5.95 Å². The molecule has 7 nitrogen and oxygen atoms in total. The Morgan fingerprint density at radius 1 is 1.14 bits per heavy atom. The van der Waals surface area contributed by atoms with Crippen LogP contribution in [0.25, 0.3) is 0 Å². The van der Waals surface area contributed by atoms with Crippen LogP contribution in [0, 0.1) is 11.6 Å². The van der Waals surface area contributed by atoms with Gasteiger partial charge in [-0.3, -0.25) is 9.69 Å². The fourth-order valence-electron chi connectivity index (χ4n) is 3.36. The molecule has 0 saturated heterocycles. The minimum atomic E-state index is -1.23. The fourth-order valence-corrected chi connectivity index (χ4v) is 4.57. The van der Waals surface area contributed by atoms with Crippen LogP contribution in [0.5, 0.6) is 5.75 Å². The number of carbonyl (C=O) groups excluding carboxylic acids is 1. The molecule has 0 aliphatic carbocycles. The molecule has 12 heteroatoms. The summed E-state index contributed by atoms with van der Waals surface area (Å²) in [5, 5.41) is 3.91. The van der Waals surface area contributed by atoms with Gasteiger partial charge in [0.1, 0.15) is 29.1 Å². The lowest BCUT2D eigenvalue weighted by atomic mass is 10.1. The van der Waals surface area contributed by atoms with Crippen LogP contribution < -0.4 is 9.64 Å². The zero-order valence-corrected chi connectivity index (χ0v) is 24.6. The third-order valence-electron chi connectivity index (χ3n) is 5.54. The van der Waals surface area contributed by atoms with Gasteiger partial charge in [-0.1, -0.05) is 43.4 Å². The number of halogens is 4. The average Bonchev–Trinajstić information content (AvgIpc) is 3.21. The molecule has 3 rings (SSSR count). The number of anilines is 1. The Labute approximate surface area is 229 Å². The van der Waals surface area contributed by atoms with Crippen LogP contribution >= 0.6 is 27.5 Å². The van der Waals surface area contributed by atoms with Gasteiger partial charge in [0.05, 0.1) is 13.7 Å². The quantitative estimate of drug-likeness (QED) is 0.133. The zero-order chi connectivity index (χ0) is 27.2. The van der Waals surface area contributed by atoms with E-state index in [9.17, 15) is 13.6 Å². The smallest absolute Gasteiger partial charge is 0.252 e. The molecular weight excluding hydrogens is 586 g/mol. The number of benzene rings is 2. The van der Waals surface area contributed by atoms with Gasteiger partial charge >= 0.3 is 0 Å². The number of carbonyl (C=O) groups is 1. The van der Waals surface area contributed by atoms with Gasteiger partial charge in [-0.2, -0.15) is 4.98 Å². The topological polar surface area (TPSA) is 69.5 Å². The number of aryl methyl sites for hydroxylation is 1. The Bertz CT molecular complexity index is 1200. The van der Waals surface area contributed by atoms with Gasteiger partial charge in [-0.15, -0.1) is 5.10 Å². The van der Waals surface area contributed by atoms with E-state index in [-0.39, 0.29) is 38.0 Å². The van der Waals surface area contributed by atoms with Crippen LogP contribution in [0.15, 0.2) is 41.1 Å². The van der Waals surface area contributed by atoms with E-state index in [0.29, 0.717) is 22.7 Å². The first-order valence-corrected chi connectivity index (χ1v) is 16.6. The van der Waals surface area contributed by atoms with Crippen molar-refractivity contribution in [3.05, 3.63) is 68.9 Å². The van der Waals surface area contributed by atoms with Crippen molar-refractivity contribution in [2.45, 2.75) is 51.8 Å². The Hall–Kier alpha value is -2.34. The lowest BCUT2D eigenvalue weighted by molar-refractivity contribution is -0.118. The van der Waals surface area contributed by atoms with E-state index in [1.165, 1.54) is 9.58 Å².